The van der Waals surface area contributed by atoms with Gasteiger partial charge in [-0.3, -0.25) is 9.69 Å². The number of aromatic nitrogens is 3. The van der Waals surface area contributed by atoms with Crippen LogP contribution in [0.25, 0.3) is 0 Å². The minimum Gasteiger partial charge on any atom is -0.484 e. The number of nitrogens with zero attached hydrogens (tertiary/aromatic N) is 4. The van der Waals surface area contributed by atoms with E-state index in [1.54, 1.807) is 11.8 Å². The van der Waals surface area contributed by atoms with Crippen molar-refractivity contribution in [3.63, 3.8) is 0 Å². The van der Waals surface area contributed by atoms with E-state index in [1.807, 2.05) is 62.5 Å². The second-order valence-electron chi connectivity index (χ2n) is 7.62. The van der Waals surface area contributed by atoms with Gasteiger partial charge in [0.2, 0.25) is 5.91 Å². The normalized spacial score (nSPS) is 10.9. The van der Waals surface area contributed by atoms with Crippen LogP contribution in [0.1, 0.15) is 35.2 Å². The van der Waals surface area contributed by atoms with Crippen molar-refractivity contribution < 1.29 is 13.9 Å². The summed E-state index contributed by atoms with van der Waals surface area (Å²) >= 11 is 2.83. The summed E-state index contributed by atoms with van der Waals surface area (Å²) in [5.41, 5.74) is 5.04. The maximum Gasteiger partial charge on any atom is 0.277 e. The van der Waals surface area contributed by atoms with Gasteiger partial charge in [-0.15, -0.1) is 21.5 Å². The lowest BCUT2D eigenvalue weighted by atomic mass is 10.1. The van der Waals surface area contributed by atoms with E-state index in [1.165, 1.54) is 28.7 Å². The Bertz CT molecular complexity index is 1250. The number of carbonyl (C=O) groups is 1. The van der Waals surface area contributed by atoms with E-state index in [2.05, 4.69) is 21.2 Å². The molecule has 0 aliphatic heterocycles. The van der Waals surface area contributed by atoms with Gasteiger partial charge in [-0.1, -0.05) is 47.2 Å². The number of ether oxygens (including phenoxy) is 1. The number of rotatable bonds is 8. The molecule has 0 radical (unpaired) electrons. The van der Waals surface area contributed by atoms with Crippen molar-refractivity contribution in [1.29, 1.82) is 0 Å². The van der Waals surface area contributed by atoms with Crippen molar-refractivity contribution in [2.24, 2.45) is 0 Å². The molecule has 0 atom stereocenters. The summed E-state index contributed by atoms with van der Waals surface area (Å²) in [4.78, 5) is 18.7. The van der Waals surface area contributed by atoms with Gasteiger partial charge in [0.1, 0.15) is 5.75 Å². The number of thioether (sulfide) groups is 1. The topological polar surface area (TPSA) is 81.4 Å². The van der Waals surface area contributed by atoms with Gasteiger partial charge in [0.25, 0.3) is 11.1 Å². The first-order valence-corrected chi connectivity index (χ1v) is 12.2. The van der Waals surface area contributed by atoms with Gasteiger partial charge < -0.3 is 9.15 Å². The van der Waals surface area contributed by atoms with Gasteiger partial charge in [0, 0.05) is 18.1 Å². The Kier molecular flexibility index (Phi) is 7.10. The minimum atomic E-state index is -0.0781. The Hall–Kier alpha value is -3.17. The first-order chi connectivity index (χ1) is 15.9. The summed E-state index contributed by atoms with van der Waals surface area (Å²) in [6.07, 6.45) is 0. The van der Waals surface area contributed by atoms with Crippen molar-refractivity contribution in [3.05, 3.63) is 76.1 Å². The number of hydrogen-bond acceptors (Lipinski definition) is 8. The molecular weight excluding hydrogens is 456 g/mol. The van der Waals surface area contributed by atoms with Crippen molar-refractivity contribution in [2.75, 3.05) is 4.90 Å². The number of hydrogen-bond donors (Lipinski definition) is 0. The number of carbonyl (C=O) groups excluding carboxylic acids is 1. The minimum absolute atomic E-state index is 0.0781. The summed E-state index contributed by atoms with van der Waals surface area (Å²) in [6, 6.07) is 13.8. The van der Waals surface area contributed by atoms with E-state index in [4.69, 9.17) is 9.15 Å². The van der Waals surface area contributed by atoms with Crippen molar-refractivity contribution >= 4 is 39.8 Å². The smallest absolute Gasteiger partial charge is 0.277 e. The van der Waals surface area contributed by atoms with Gasteiger partial charge in [0.15, 0.2) is 11.7 Å². The molecule has 4 rings (SSSR count). The van der Waals surface area contributed by atoms with E-state index in [9.17, 15) is 4.79 Å². The third-order valence-corrected chi connectivity index (χ3v) is 6.54. The van der Waals surface area contributed by atoms with Gasteiger partial charge in [-0.25, -0.2) is 4.98 Å². The predicted molar refractivity (Wildman–Crippen MR) is 130 cm³/mol. The molecule has 1 amide bonds. The molecule has 0 bridgehead atoms. The fourth-order valence-electron chi connectivity index (χ4n) is 3.20. The van der Waals surface area contributed by atoms with Crippen LogP contribution in [0.2, 0.25) is 0 Å². The Labute approximate surface area is 200 Å². The highest BCUT2D eigenvalue weighted by molar-refractivity contribution is 7.98. The zero-order valence-corrected chi connectivity index (χ0v) is 20.5. The highest BCUT2D eigenvalue weighted by Gasteiger charge is 2.20. The van der Waals surface area contributed by atoms with Crippen LogP contribution in [-0.4, -0.2) is 21.1 Å². The molecule has 9 heteroatoms. The summed E-state index contributed by atoms with van der Waals surface area (Å²) in [6.45, 7) is 7.82. The molecule has 0 spiro atoms. The first kappa shape index (κ1) is 23.0. The quantitative estimate of drug-likeness (QED) is 0.286. The average Bonchev–Trinajstić information content (AvgIpc) is 3.43. The molecule has 0 saturated heterocycles. The molecule has 170 valence electrons. The molecule has 2 heterocycles. The number of thiazole rings is 1. The molecule has 33 heavy (non-hydrogen) atoms. The maximum absolute atomic E-state index is 12.4. The Morgan fingerprint density at radius 3 is 2.58 bits per heavy atom. The molecular formula is C24H24N4O3S2. The lowest BCUT2D eigenvalue weighted by Gasteiger charge is -2.20. The fourth-order valence-corrected chi connectivity index (χ4v) is 4.86. The average molecular weight is 481 g/mol. The van der Waals surface area contributed by atoms with Gasteiger partial charge in [-0.2, -0.15) is 0 Å². The van der Waals surface area contributed by atoms with Crippen LogP contribution < -0.4 is 9.64 Å². The zero-order valence-electron chi connectivity index (χ0n) is 18.9. The van der Waals surface area contributed by atoms with E-state index in [-0.39, 0.29) is 12.5 Å². The van der Waals surface area contributed by atoms with Crippen LogP contribution in [0.5, 0.6) is 5.75 Å². The summed E-state index contributed by atoms with van der Waals surface area (Å²) in [5.74, 6) is 1.64. The molecule has 2 aromatic carbocycles. The molecule has 0 fully saturated rings. The standard InChI is InChI=1S/C24H24N4O3S2/c1-15-5-8-20(9-6-15)30-12-22-26-27-24(31-22)33-14-19-13-32-23(25-19)28(18(4)29)21-10-7-16(2)11-17(21)3/h5-11,13H,12,14H2,1-4H3. The molecule has 7 nitrogen and oxygen atoms in total. The highest BCUT2D eigenvalue weighted by Crippen LogP contribution is 2.33. The van der Waals surface area contributed by atoms with Gasteiger partial charge >= 0.3 is 0 Å². The number of aryl methyl sites for hydroxylation is 3. The zero-order chi connectivity index (χ0) is 23.4. The van der Waals surface area contributed by atoms with Crippen LogP contribution >= 0.6 is 23.1 Å². The molecule has 0 saturated carbocycles. The Balaban J connectivity index is 1.37. The molecule has 0 aliphatic carbocycles. The lowest BCUT2D eigenvalue weighted by molar-refractivity contribution is -0.115. The third kappa shape index (κ3) is 5.80. The SMILES string of the molecule is CC(=O)N(c1nc(CSc2nnc(COc3ccc(C)cc3)o2)cs1)c1ccc(C)cc1C. The van der Waals surface area contributed by atoms with E-state index >= 15 is 0 Å². The van der Waals surface area contributed by atoms with E-state index in [0.29, 0.717) is 22.0 Å². The first-order valence-electron chi connectivity index (χ1n) is 10.4. The largest absolute Gasteiger partial charge is 0.484 e. The van der Waals surface area contributed by atoms with Crippen molar-refractivity contribution in [3.8, 4) is 5.75 Å². The fraction of sp³-hybridized carbons (Fsp3) is 0.250. The predicted octanol–water partition coefficient (Wildman–Crippen LogP) is 6.01. The summed E-state index contributed by atoms with van der Waals surface area (Å²) in [5, 5.41) is 11.1. The molecule has 0 unspecified atom stereocenters. The summed E-state index contributed by atoms with van der Waals surface area (Å²) in [7, 11) is 0. The van der Waals surface area contributed by atoms with E-state index < -0.39 is 0 Å². The van der Waals surface area contributed by atoms with Crippen LogP contribution in [0, 0.1) is 20.8 Å². The van der Waals surface area contributed by atoms with Crippen LogP contribution in [0.4, 0.5) is 10.8 Å². The van der Waals surface area contributed by atoms with Crippen molar-refractivity contribution in [2.45, 2.75) is 45.3 Å². The van der Waals surface area contributed by atoms with Crippen LogP contribution in [0.3, 0.4) is 0 Å². The Morgan fingerprint density at radius 2 is 1.85 bits per heavy atom. The highest BCUT2D eigenvalue weighted by atomic mass is 32.2. The monoisotopic (exact) mass is 480 g/mol. The second kappa shape index (κ2) is 10.2. The van der Waals surface area contributed by atoms with Gasteiger partial charge in [-0.05, 0) is 44.5 Å². The molecule has 4 aromatic rings. The van der Waals surface area contributed by atoms with E-state index in [0.717, 1.165) is 28.3 Å². The second-order valence-corrected chi connectivity index (χ2v) is 9.38. The number of amides is 1. The number of anilines is 2. The van der Waals surface area contributed by atoms with Crippen LogP contribution in [0.15, 0.2) is 57.5 Å². The van der Waals surface area contributed by atoms with Crippen LogP contribution in [-0.2, 0) is 17.2 Å². The Morgan fingerprint density at radius 1 is 1.09 bits per heavy atom. The third-order valence-electron chi connectivity index (χ3n) is 4.81. The maximum atomic E-state index is 12.4. The molecule has 0 aliphatic rings. The van der Waals surface area contributed by atoms with Crippen molar-refractivity contribution in [1.82, 2.24) is 15.2 Å². The lowest BCUT2D eigenvalue weighted by Crippen LogP contribution is -2.23. The summed E-state index contributed by atoms with van der Waals surface area (Å²) < 4.78 is 11.3. The molecule has 2 aromatic heterocycles. The number of benzene rings is 2. The van der Waals surface area contributed by atoms with Gasteiger partial charge in [0.05, 0.1) is 11.4 Å². The molecule has 0 N–H and O–H groups in total.